The monoisotopic (exact) mass is 334 g/mol. The van der Waals surface area contributed by atoms with Crippen LogP contribution in [0.3, 0.4) is 0 Å². The van der Waals surface area contributed by atoms with Crippen molar-refractivity contribution in [3.05, 3.63) is 60.2 Å². The predicted octanol–water partition coefficient (Wildman–Crippen LogP) is 0.636. The van der Waals surface area contributed by atoms with Crippen LogP contribution in [-0.2, 0) is 21.4 Å². The van der Waals surface area contributed by atoms with Crippen LogP contribution < -0.4 is 9.84 Å². The van der Waals surface area contributed by atoms with Gasteiger partial charge in [-0.3, -0.25) is 0 Å². The summed E-state index contributed by atoms with van der Waals surface area (Å²) in [5, 5.41) is 10.9. The number of carboxylic acids is 1. The maximum Gasteiger partial charge on any atom is 0.243 e. The number of hydrogen-bond acceptors (Lipinski definition) is 5. The smallest absolute Gasteiger partial charge is 0.243 e. The molecule has 0 heterocycles. The minimum absolute atomic E-state index is 0.00418. The van der Waals surface area contributed by atoms with Gasteiger partial charge in [-0.15, -0.1) is 0 Å². The number of aliphatic carboxylic acids is 1. The molecule has 23 heavy (non-hydrogen) atoms. The number of carbonyl (C=O) groups excluding carboxylic acids is 1. The Bertz CT molecular complexity index is 757. The lowest BCUT2D eigenvalue weighted by Crippen LogP contribution is -2.41. The number of sulfonamides is 1. The molecule has 0 saturated carbocycles. The molecular formula is C16H16NO5S-. The summed E-state index contributed by atoms with van der Waals surface area (Å²) in [7, 11) is -2.49. The van der Waals surface area contributed by atoms with E-state index >= 15 is 0 Å². The van der Waals surface area contributed by atoms with Crippen LogP contribution in [0, 0.1) is 0 Å². The van der Waals surface area contributed by atoms with E-state index in [9.17, 15) is 18.3 Å². The first-order chi connectivity index (χ1) is 10.9. The normalized spacial score (nSPS) is 11.4. The second kappa shape index (κ2) is 7.26. The zero-order valence-electron chi connectivity index (χ0n) is 12.5. The summed E-state index contributed by atoms with van der Waals surface area (Å²) in [5.41, 5.74) is 0.686. The van der Waals surface area contributed by atoms with E-state index in [-0.39, 0.29) is 11.4 Å². The first kappa shape index (κ1) is 17.0. The quantitative estimate of drug-likeness (QED) is 0.741. The largest absolute Gasteiger partial charge is 0.549 e. The number of methoxy groups -OCH3 is 1. The summed E-state index contributed by atoms with van der Waals surface area (Å²) in [6.07, 6.45) is 0. The molecule has 2 rings (SSSR count). The molecule has 0 radical (unpaired) electrons. The Hall–Kier alpha value is -2.38. The van der Waals surface area contributed by atoms with Gasteiger partial charge in [0.2, 0.25) is 10.0 Å². The Morgan fingerprint density at radius 3 is 2.22 bits per heavy atom. The first-order valence-electron chi connectivity index (χ1n) is 6.81. The lowest BCUT2D eigenvalue weighted by atomic mass is 10.2. The molecule has 0 bridgehead atoms. The number of hydrogen-bond donors (Lipinski definition) is 0. The molecule has 0 aromatic heterocycles. The van der Waals surface area contributed by atoms with Crippen LogP contribution >= 0.6 is 0 Å². The Labute approximate surface area is 135 Å². The standard InChI is InChI=1S/C16H17NO5S/c1-22-14-7-9-15(10-8-14)23(20,21)17(12-16(18)19)11-13-5-3-2-4-6-13/h2-10H,11-12H2,1H3,(H,18,19)/p-1. The van der Waals surface area contributed by atoms with Crippen molar-refractivity contribution < 1.29 is 23.1 Å². The SMILES string of the molecule is COc1ccc(S(=O)(=O)N(CC(=O)[O-])Cc2ccccc2)cc1. The van der Waals surface area contributed by atoms with Gasteiger partial charge < -0.3 is 14.6 Å². The molecule has 7 heteroatoms. The molecular weight excluding hydrogens is 318 g/mol. The van der Waals surface area contributed by atoms with Crippen LogP contribution in [0.25, 0.3) is 0 Å². The lowest BCUT2D eigenvalue weighted by Gasteiger charge is -2.23. The van der Waals surface area contributed by atoms with Crippen molar-refractivity contribution in [3.8, 4) is 5.75 Å². The number of carbonyl (C=O) groups is 1. The number of rotatable bonds is 7. The van der Waals surface area contributed by atoms with Crippen LogP contribution in [0.1, 0.15) is 5.56 Å². The summed E-state index contributed by atoms with van der Waals surface area (Å²) in [6.45, 7) is -0.771. The Balaban J connectivity index is 2.33. The van der Waals surface area contributed by atoms with Crippen LogP contribution in [0.4, 0.5) is 0 Å². The van der Waals surface area contributed by atoms with Gasteiger partial charge in [0.25, 0.3) is 0 Å². The minimum Gasteiger partial charge on any atom is -0.549 e. The fourth-order valence-corrected chi connectivity index (χ4v) is 3.43. The maximum absolute atomic E-state index is 12.7. The molecule has 2 aromatic carbocycles. The third kappa shape index (κ3) is 4.30. The Morgan fingerprint density at radius 2 is 1.70 bits per heavy atom. The van der Waals surface area contributed by atoms with Crippen molar-refractivity contribution in [1.82, 2.24) is 4.31 Å². The lowest BCUT2D eigenvalue weighted by molar-refractivity contribution is -0.305. The van der Waals surface area contributed by atoms with Crippen molar-refractivity contribution in [3.63, 3.8) is 0 Å². The minimum atomic E-state index is -3.96. The van der Waals surface area contributed by atoms with Crippen LogP contribution in [0.2, 0.25) is 0 Å². The van der Waals surface area contributed by atoms with Crippen molar-refractivity contribution in [2.75, 3.05) is 13.7 Å². The van der Waals surface area contributed by atoms with Crippen molar-refractivity contribution in [2.45, 2.75) is 11.4 Å². The second-order valence-electron chi connectivity index (χ2n) is 4.81. The number of ether oxygens (including phenoxy) is 1. The maximum atomic E-state index is 12.7. The fourth-order valence-electron chi connectivity index (χ4n) is 2.05. The van der Waals surface area contributed by atoms with Gasteiger partial charge in [0.15, 0.2) is 0 Å². The molecule has 2 aromatic rings. The summed E-state index contributed by atoms with van der Waals surface area (Å²) in [5.74, 6) is -0.948. The van der Waals surface area contributed by atoms with E-state index in [2.05, 4.69) is 0 Å². The molecule has 0 atom stereocenters. The third-order valence-corrected chi connectivity index (χ3v) is 5.01. The zero-order chi connectivity index (χ0) is 16.9. The van der Waals surface area contributed by atoms with E-state index in [1.165, 1.54) is 31.4 Å². The van der Waals surface area contributed by atoms with Crippen molar-refractivity contribution in [2.24, 2.45) is 0 Å². The van der Waals surface area contributed by atoms with Crippen molar-refractivity contribution >= 4 is 16.0 Å². The van der Waals surface area contributed by atoms with Crippen LogP contribution in [-0.4, -0.2) is 32.3 Å². The van der Waals surface area contributed by atoms with E-state index < -0.39 is 22.5 Å². The molecule has 0 amide bonds. The van der Waals surface area contributed by atoms with Gasteiger partial charge in [0, 0.05) is 6.54 Å². The third-order valence-electron chi connectivity index (χ3n) is 3.20. The summed E-state index contributed by atoms with van der Waals surface area (Å²) >= 11 is 0. The molecule has 0 unspecified atom stereocenters. The first-order valence-corrected chi connectivity index (χ1v) is 8.25. The van der Waals surface area contributed by atoms with Gasteiger partial charge in [-0.05, 0) is 29.8 Å². The molecule has 0 aliphatic heterocycles. The van der Waals surface area contributed by atoms with E-state index in [1.54, 1.807) is 30.3 Å². The van der Waals surface area contributed by atoms with Gasteiger partial charge in [-0.2, -0.15) is 4.31 Å². The van der Waals surface area contributed by atoms with Crippen molar-refractivity contribution in [1.29, 1.82) is 0 Å². The highest BCUT2D eigenvalue weighted by Crippen LogP contribution is 2.21. The number of carboxylic acid groups (broad SMARTS) is 1. The summed E-state index contributed by atoms with van der Waals surface area (Å²) in [6, 6.07) is 14.5. The molecule has 0 fully saturated rings. The topological polar surface area (TPSA) is 86.7 Å². The van der Waals surface area contributed by atoms with E-state index in [1.807, 2.05) is 0 Å². The van der Waals surface area contributed by atoms with Gasteiger partial charge >= 0.3 is 0 Å². The van der Waals surface area contributed by atoms with E-state index in [0.717, 1.165) is 4.31 Å². The van der Waals surface area contributed by atoms with E-state index in [0.29, 0.717) is 11.3 Å². The molecule has 0 aliphatic carbocycles. The number of benzene rings is 2. The second-order valence-corrected chi connectivity index (χ2v) is 6.74. The molecule has 0 aliphatic rings. The number of nitrogens with zero attached hydrogens (tertiary/aromatic N) is 1. The van der Waals surface area contributed by atoms with Gasteiger partial charge in [-0.25, -0.2) is 8.42 Å². The average molecular weight is 334 g/mol. The summed E-state index contributed by atoms with van der Waals surface area (Å²) in [4.78, 5) is 10.9. The zero-order valence-corrected chi connectivity index (χ0v) is 13.3. The van der Waals surface area contributed by atoms with Gasteiger partial charge in [0.1, 0.15) is 5.75 Å². The Morgan fingerprint density at radius 1 is 1.09 bits per heavy atom. The molecule has 6 nitrogen and oxygen atoms in total. The summed E-state index contributed by atoms with van der Waals surface area (Å²) < 4.78 is 31.2. The van der Waals surface area contributed by atoms with E-state index in [4.69, 9.17) is 4.74 Å². The molecule has 0 spiro atoms. The molecule has 0 N–H and O–H groups in total. The van der Waals surface area contributed by atoms with Gasteiger partial charge in [-0.1, -0.05) is 30.3 Å². The van der Waals surface area contributed by atoms with Crippen LogP contribution in [0.5, 0.6) is 5.75 Å². The molecule has 0 saturated heterocycles. The highest BCUT2D eigenvalue weighted by Gasteiger charge is 2.24. The Kier molecular flexibility index (Phi) is 5.36. The highest BCUT2D eigenvalue weighted by molar-refractivity contribution is 7.89. The van der Waals surface area contributed by atoms with Crippen LogP contribution in [0.15, 0.2) is 59.5 Å². The predicted molar refractivity (Wildman–Crippen MR) is 82.0 cm³/mol. The molecule has 122 valence electrons. The highest BCUT2D eigenvalue weighted by atomic mass is 32.2. The average Bonchev–Trinajstić information content (AvgIpc) is 2.55. The van der Waals surface area contributed by atoms with Gasteiger partial charge in [0.05, 0.1) is 24.5 Å². The fraction of sp³-hybridized carbons (Fsp3) is 0.188.